The molecule has 0 bridgehead atoms. The number of amides is 1. The number of carbonyl (C=O) groups is 2. The van der Waals surface area contributed by atoms with Gasteiger partial charge in [-0.2, -0.15) is 0 Å². The number of nitrogens with zero attached hydrogens (tertiary/aromatic N) is 1. The van der Waals surface area contributed by atoms with E-state index in [9.17, 15) is 9.59 Å². The molecule has 1 fully saturated rings. The van der Waals surface area contributed by atoms with E-state index < -0.39 is 5.97 Å². The quantitative estimate of drug-likeness (QED) is 0.625. The Labute approximate surface area is 188 Å². The Bertz CT molecular complexity index is 929. The second kappa shape index (κ2) is 9.71. The van der Waals surface area contributed by atoms with Crippen molar-refractivity contribution in [3.63, 3.8) is 0 Å². The summed E-state index contributed by atoms with van der Waals surface area (Å²) >= 11 is 6.04. The third kappa shape index (κ3) is 6.21. The largest absolute Gasteiger partial charge is 0.489 e. The molecular weight excluding hydrogens is 416 g/mol. The van der Waals surface area contributed by atoms with Gasteiger partial charge in [0, 0.05) is 30.1 Å². The molecule has 3 rings (SSSR count). The van der Waals surface area contributed by atoms with Crippen LogP contribution in [-0.4, -0.2) is 46.6 Å². The molecule has 2 aromatic rings. The minimum absolute atomic E-state index is 0.0426. The number of likely N-dealkylation sites (tertiary alicyclic amines) is 1. The first-order valence-corrected chi connectivity index (χ1v) is 10.8. The molecular formula is C24H29ClN2O4. The molecule has 1 amide bonds. The average Bonchev–Trinajstić information content (AvgIpc) is 3.17. The van der Waals surface area contributed by atoms with Crippen LogP contribution in [0, 0.1) is 0 Å². The number of carbonyl (C=O) groups excluding carboxylic acids is 1. The van der Waals surface area contributed by atoms with Gasteiger partial charge in [-0.25, -0.2) is 4.79 Å². The fourth-order valence-electron chi connectivity index (χ4n) is 3.90. The smallest absolute Gasteiger partial charge is 0.335 e. The first kappa shape index (κ1) is 23.1. The predicted molar refractivity (Wildman–Crippen MR) is 121 cm³/mol. The number of benzene rings is 2. The number of ether oxygens (including phenoxy) is 1. The minimum atomic E-state index is -0.965. The summed E-state index contributed by atoms with van der Waals surface area (Å²) in [4.78, 5) is 26.0. The van der Waals surface area contributed by atoms with Gasteiger partial charge in [0.05, 0.1) is 11.6 Å². The number of carboxylic acid groups (broad SMARTS) is 1. The summed E-state index contributed by atoms with van der Waals surface area (Å²) in [7, 11) is 0. The SMILES string of the molecule is CC(NC(=O)CC(C)(C)N1CC[C@@H](Oc2cccc(Cl)c2)C1)c1ccc(C(=O)O)cc1. The highest BCUT2D eigenvalue weighted by Crippen LogP contribution is 2.28. The number of nitrogens with one attached hydrogen (secondary N) is 1. The van der Waals surface area contributed by atoms with E-state index in [1.54, 1.807) is 24.3 Å². The molecule has 2 N–H and O–H groups in total. The highest BCUT2D eigenvalue weighted by Gasteiger charge is 2.36. The number of rotatable bonds is 8. The third-order valence-corrected chi connectivity index (χ3v) is 5.96. The van der Waals surface area contributed by atoms with Gasteiger partial charge in [0.2, 0.25) is 5.91 Å². The van der Waals surface area contributed by atoms with Crippen molar-refractivity contribution in [2.24, 2.45) is 0 Å². The van der Waals surface area contributed by atoms with Crippen LogP contribution in [0.25, 0.3) is 0 Å². The van der Waals surface area contributed by atoms with Gasteiger partial charge >= 0.3 is 5.97 Å². The van der Waals surface area contributed by atoms with Crippen molar-refractivity contribution >= 4 is 23.5 Å². The van der Waals surface area contributed by atoms with Crippen LogP contribution in [-0.2, 0) is 4.79 Å². The fourth-order valence-corrected chi connectivity index (χ4v) is 4.08. The minimum Gasteiger partial charge on any atom is -0.489 e. The monoisotopic (exact) mass is 444 g/mol. The number of carboxylic acids is 1. The third-order valence-electron chi connectivity index (χ3n) is 5.73. The summed E-state index contributed by atoms with van der Waals surface area (Å²) < 4.78 is 6.07. The van der Waals surface area contributed by atoms with Crippen LogP contribution in [0.4, 0.5) is 0 Å². The summed E-state index contributed by atoms with van der Waals surface area (Å²) in [6.07, 6.45) is 1.31. The van der Waals surface area contributed by atoms with Gasteiger partial charge in [0.15, 0.2) is 0 Å². The Morgan fingerprint density at radius 2 is 1.97 bits per heavy atom. The number of hydrogen-bond acceptors (Lipinski definition) is 4. The highest BCUT2D eigenvalue weighted by atomic mass is 35.5. The van der Waals surface area contributed by atoms with Crippen LogP contribution < -0.4 is 10.1 Å². The zero-order chi connectivity index (χ0) is 22.6. The van der Waals surface area contributed by atoms with Crippen molar-refractivity contribution in [2.45, 2.75) is 51.3 Å². The van der Waals surface area contributed by atoms with Crippen LogP contribution in [0.1, 0.15) is 55.6 Å². The molecule has 1 aliphatic heterocycles. The highest BCUT2D eigenvalue weighted by molar-refractivity contribution is 6.30. The van der Waals surface area contributed by atoms with Crippen molar-refractivity contribution in [2.75, 3.05) is 13.1 Å². The van der Waals surface area contributed by atoms with Crippen LogP contribution in [0.15, 0.2) is 48.5 Å². The Morgan fingerprint density at radius 1 is 1.26 bits per heavy atom. The lowest BCUT2D eigenvalue weighted by Crippen LogP contribution is -2.46. The van der Waals surface area contributed by atoms with Crippen molar-refractivity contribution in [1.29, 1.82) is 0 Å². The standard InChI is InChI=1S/C24H29ClN2O4/c1-16(17-7-9-18(10-8-17)23(29)30)26-22(28)14-24(2,3)27-12-11-21(15-27)31-20-6-4-5-19(25)13-20/h4-10,13,16,21H,11-12,14-15H2,1-3H3,(H,26,28)(H,29,30)/t16?,21-/m1/s1. The maximum absolute atomic E-state index is 12.7. The molecule has 1 heterocycles. The molecule has 166 valence electrons. The Morgan fingerprint density at radius 3 is 2.61 bits per heavy atom. The van der Waals surface area contributed by atoms with Gasteiger partial charge < -0.3 is 15.2 Å². The van der Waals surface area contributed by atoms with Crippen LogP contribution in [0.5, 0.6) is 5.75 Å². The molecule has 0 radical (unpaired) electrons. The van der Waals surface area contributed by atoms with Crippen molar-refractivity contribution in [1.82, 2.24) is 10.2 Å². The molecule has 6 nitrogen and oxygen atoms in total. The average molecular weight is 445 g/mol. The topological polar surface area (TPSA) is 78.9 Å². The Kier molecular flexibility index (Phi) is 7.23. The molecule has 0 saturated carbocycles. The van der Waals surface area contributed by atoms with E-state index in [1.165, 1.54) is 0 Å². The molecule has 0 spiro atoms. The zero-order valence-electron chi connectivity index (χ0n) is 18.1. The van der Waals surface area contributed by atoms with E-state index in [4.69, 9.17) is 21.4 Å². The molecule has 1 aliphatic rings. The normalized spacial score (nSPS) is 17.9. The van der Waals surface area contributed by atoms with Crippen LogP contribution in [0.3, 0.4) is 0 Å². The maximum atomic E-state index is 12.7. The number of halogens is 1. The second-order valence-corrected chi connectivity index (χ2v) is 9.07. The van der Waals surface area contributed by atoms with Crippen molar-refractivity contribution < 1.29 is 19.4 Å². The van der Waals surface area contributed by atoms with E-state index in [-0.39, 0.29) is 29.2 Å². The summed E-state index contributed by atoms with van der Waals surface area (Å²) in [5.41, 5.74) is 0.781. The summed E-state index contributed by atoms with van der Waals surface area (Å²) in [6.45, 7) is 7.64. The predicted octanol–water partition coefficient (Wildman–Crippen LogP) is 4.54. The number of aromatic carboxylic acids is 1. The van der Waals surface area contributed by atoms with Gasteiger partial charge in [-0.1, -0.05) is 29.8 Å². The first-order valence-electron chi connectivity index (χ1n) is 10.4. The maximum Gasteiger partial charge on any atom is 0.335 e. The molecule has 7 heteroatoms. The van der Waals surface area contributed by atoms with Crippen LogP contribution in [0.2, 0.25) is 5.02 Å². The van der Waals surface area contributed by atoms with Gasteiger partial charge in [-0.15, -0.1) is 0 Å². The Hall–Kier alpha value is -2.57. The zero-order valence-corrected chi connectivity index (χ0v) is 18.9. The second-order valence-electron chi connectivity index (χ2n) is 8.64. The van der Waals surface area contributed by atoms with E-state index >= 15 is 0 Å². The lowest BCUT2D eigenvalue weighted by molar-refractivity contribution is -0.124. The lowest BCUT2D eigenvalue weighted by atomic mass is 9.97. The molecule has 2 aromatic carbocycles. The van der Waals surface area contributed by atoms with E-state index in [0.29, 0.717) is 11.4 Å². The summed E-state index contributed by atoms with van der Waals surface area (Å²) in [6, 6.07) is 13.8. The van der Waals surface area contributed by atoms with Crippen molar-refractivity contribution in [3.8, 4) is 5.75 Å². The summed E-state index contributed by atoms with van der Waals surface area (Å²) in [5.74, 6) is -0.245. The van der Waals surface area contributed by atoms with E-state index in [1.807, 2.05) is 31.2 Å². The van der Waals surface area contributed by atoms with Crippen LogP contribution >= 0.6 is 11.6 Å². The molecule has 1 saturated heterocycles. The molecule has 1 unspecified atom stereocenters. The lowest BCUT2D eigenvalue weighted by Gasteiger charge is -2.35. The molecule has 0 aromatic heterocycles. The van der Waals surface area contributed by atoms with Gasteiger partial charge in [0.25, 0.3) is 0 Å². The van der Waals surface area contributed by atoms with Gasteiger partial charge in [-0.05, 0) is 63.1 Å². The van der Waals surface area contributed by atoms with Gasteiger partial charge in [-0.3, -0.25) is 9.69 Å². The van der Waals surface area contributed by atoms with Crippen molar-refractivity contribution in [3.05, 3.63) is 64.7 Å². The van der Waals surface area contributed by atoms with E-state index in [0.717, 1.165) is 30.8 Å². The first-order chi connectivity index (χ1) is 14.6. The number of hydrogen-bond donors (Lipinski definition) is 2. The van der Waals surface area contributed by atoms with Gasteiger partial charge in [0.1, 0.15) is 11.9 Å². The van der Waals surface area contributed by atoms with E-state index in [2.05, 4.69) is 24.1 Å². The molecule has 0 aliphatic carbocycles. The Balaban J connectivity index is 1.52. The molecule has 2 atom stereocenters. The fraction of sp³-hybridized carbons (Fsp3) is 0.417. The molecule has 31 heavy (non-hydrogen) atoms. The summed E-state index contributed by atoms with van der Waals surface area (Å²) in [5, 5.41) is 12.7.